The molecule has 24 heavy (non-hydrogen) atoms. The molecule has 0 aliphatic rings. The topological polar surface area (TPSA) is 87.2 Å². The van der Waals surface area contributed by atoms with Crippen molar-refractivity contribution in [1.29, 1.82) is 0 Å². The summed E-state index contributed by atoms with van der Waals surface area (Å²) < 4.78 is 1.80. The van der Waals surface area contributed by atoms with Crippen molar-refractivity contribution in [1.82, 2.24) is 4.57 Å². The second kappa shape index (κ2) is 6.16. The second-order valence-electron chi connectivity index (χ2n) is 5.71. The average Bonchev–Trinajstić information content (AvgIpc) is 2.85. The smallest absolute Gasteiger partial charge is 0.335 e. The summed E-state index contributed by atoms with van der Waals surface area (Å²) in [4.78, 5) is 10.9. The van der Waals surface area contributed by atoms with Gasteiger partial charge in [-0.3, -0.25) is 0 Å². The predicted octanol–water partition coefficient (Wildman–Crippen LogP) is 5.04. The van der Waals surface area contributed by atoms with E-state index in [1.807, 2.05) is 38.1 Å². The van der Waals surface area contributed by atoms with Crippen LogP contribution in [0.15, 0.2) is 58.8 Å². The molecule has 1 aromatic heterocycles. The molecule has 6 nitrogen and oxygen atoms in total. The van der Waals surface area contributed by atoms with Gasteiger partial charge >= 0.3 is 5.97 Å². The Labute approximate surface area is 138 Å². The molecule has 0 radical (unpaired) electrons. The number of fused-ring (bicyclic) bond motifs is 1. The maximum absolute atomic E-state index is 10.9. The highest BCUT2D eigenvalue weighted by Gasteiger charge is 2.17. The molecule has 0 aliphatic carbocycles. The molecule has 2 N–H and O–H groups in total. The molecule has 0 atom stereocenters. The fourth-order valence-electron chi connectivity index (χ4n) is 2.63. The van der Waals surface area contributed by atoms with Gasteiger partial charge in [0.05, 0.1) is 16.8 Å². The summed E-state index contributed by atoms with van der Waals surface area (Å²) in [6.45, 7) is 3.97. The predicted molar refractivity (Wildman–Crippen MR) is 91.6 cm³/mol. The van der Waals surface area contributed by atoms with Gasteiger partial charge in [-0.15, -0.1) is 5.11 Å². The van der Waals surface area contributed by atoms with Gasteiger partial charge in [0.2, 0.25) is 5.88 Å². The fourth-order valence-corrected chi connectivity index (χ4v) is 2.63. The van der Waals surface area contributed by atoms with Crippen molar-refractivity contribution in [3.05, 3.63) is 54.1 Å². The monoisotopic (exact) mass is 323 g/mol. The Balaban J connectivity index is 2.03. The minimum absolute atomic E-state index is 0.0668. The van der Waals surface area contributed by atoms with E-state index in [0.717, 1.165) is 10.9 Å². The number of azo groups is 1. The van der Waals surface area contributed by atoms with Gasteiger partial charge in [0, 0.05) is 11.4 Å². The van der Waals surface area contributed by atoms with Crippen LogP contribution in [0, 0.1) is 0 Å². The zero-order valence-corrected chi connectivity index (χ0v) is 13.3. The van der Waals surface area contributed by atoms with Crippen LogP contribution in [0.4, 0.5) is 11.4 Å². The molecule has 0 fully saturated rings. The molecule has 0 spiro atoms. The second-order valence-corrected chi connectivity index (χ2v) is 5.71. The van der Waals surface area contributed by atoms with Crippen LogP contribution in [-0.4, -0.2) is 20.7 Å². The summed E-state index contributed by atoms with van der Waals surface area (Å²) in [5.41, 5.74) is 2.00. The van der Waals surface area contributed by atoms with E-state index in [2.05, 4.69) is 10.2 Å². The highest BCUT2D eigenvalue weighted by molar-refractivity contribution is 5.95. The van der Waals surface area contributed by atoms with Crippen LogP contribution in [0.1, 0.15) is 30.2 Å². The first-order valence-corrected chi connectivity index (χ1v) is 7.56. The minimum Gasteiger partial charge on any atom is -0.493 e. The number of aromatic nitrogens is 1. The summed E-state index contributed by atoms with van der Waals surface area (Å²) in [5.74, 6) is -0.923. The highest BCUT2D eigenvalue weighted by Crippen LogP contribution is 2.41. The number of hydrogen-bond acceptors (Lipinski definition) is 4. The van der Waals surface area contributed by atoms with E-state index in [1.165, 1.54) is 12.1 Å². The first-order valence-electron chi connectivity index (χ1n) is 7.56. The number of aromatic carboxylic acids is 1. The van der Waals surface area contributed by atoms with E-state index in [-0.39, 0.29) is 17.5 Å². The third-order valence-electron chi connectivity index (χ3n) is 3.75. The molecular formula is C18H17N3O3. The first kappa shape index (κ1) is 15.7. The van der Waals surface area contributed by atoms with Gasteiger partial charge in [0.15, 0.2) is 5.69 Å². The normalized spacial score (nSPS) is 11.6. The number of rotatable bonds is 4. The van der Waals surface area contributed by atoms with E-state index in [4.69, 9.17) is 5.11 Å². The lowest BCUT2D eigenvalue weighted by Gasteiger charge is -2.10. The van der Waals surface area contributed by atoms with Gasteiger partial charge in [0.1, 0.15) is 0 Å². The Morgan fingerprint density at radius 3 is 2.33 bits per heavy atom. The number of carbonyl (C=O) groups is 1. The fraction of sp³-hybridized carbons (Fsp3) is 0.167. The van der Waals surface area contributed by atoms with E-state index in [0.29, 0.717) is 11.4 Å². The molecule has 2 aromatic carbocycles. The summed E-state index contributed by atoms with van der Waals surface area (Å²) in [6.07, 6.45) is 0. The van der Waals surface area contributed by atoms with Gasteiger partial charge in [-0.25, -0.2) is 4.79 Å². The Morgan fingerprint density at radius 1 is 1.04 bits per heavy atom. The molecule has 0 aliphatic heterocycles. The lowest BCUT2D eigenvalue weighted by Crippen LogP contribution is -1.98. The van der Waals surface area contributed by atoms with Gasteiger partial charge in [-0.1, -0.05) is 18.2 Å². The standard InChI is InChI=1S/C18H17N3O3/c1-11(2)21-15-6-4-3-5-14(15)16(17(21)22)20-19-13-9-7-12(8-10-13)18(23)24/h3-11,22H,1-2H3,(H,23,24). The van der Waals surface area contributed by atoms with Crippen LogP contribution < -0.4 is 0 Å². The summed E-state index contributed by atoms with van der Waals surface area (Å²) >= 11 is 0. The van der Waals surface area contributed by atoms with Crippen molar-refractivity contribution in [3.8, 4) is 5.88 Å². The maximum atomic E-state index is 10.9. The van der Waals surface area contributed by atoms with Crippen LogP contribution >= 0.6 is 0 Å². The summed E-state index contributed by atoms with van der Waals surface area (Å²) in [6, 6.07) is 13.8. The number of nitrogens with zero attached hydrogens (tertiary/aromatic N) is 3. The number of carboxylic acid groups (broad SMARTS) is 1. The summed E-state index contributed by atoms with van der Waals surface area (Å²) in [5, 5.41) is 28.5. The van der Waals surface area contributed by atoms with Crippen molar-refractivity contribution in [2.45, 2.75) is 19.9 Å². The van der Waals surface area contributed by atoms with Crippen molar-refractivity contribution in [3.63, 3.8) is 0 Å². The van der Waals surface area contributed by atoms with E-state index in [1.54, 1.807) is 16.7 Å². The molecule has 122 valence electrons. The lowest BCUT2D eigenvalue weighted by atomic mass is 10.2. The molecule has 3 rings (SSSR count). The van der Waals surface area contributed by atoms with Crippen LogP contribution in [0.3, 0.4) is 0 Å². The molecule has 3 aromatic rings. The zero-order chi connectivity index (χ0) is 17.3. The van der Waals surface area contributed by atoms with Crippen molar-refractivity contribution >= 4 is 28.2 Å². The SMILES string of the molecule is CC(C)n1c(O)c(N=Nc2ccc(C(=O)O)cc2)c2ccccc21. The first-order chi connectivity index (χ1) is 11.5. The molecule has 0 bridgehead atoms. The average molecular weight is 323 g/mol. The summed E-state index contributed by atoms with van der Waals surface area (Å²) in [7, 11) is 0. The molecule has 0 saturated heterocycles. The van der Waals surface area contributed by atoms with Gasteiger partial charge in [0.25, 0.3) is 0 Å². The van der Waals surface area contributed by atoms with E-state index in [9.17, 15) is 9.90 Å². The molecule has 0 unspecified atom stereocenters. The molecular weight excluding hydrogens is 306 g/mol. The third kappa shape index (κ3) is 2.74. The number of hydrogen-bond donors (Lipinski definition) is 2. The van der Waals surface area contributed by atoms with Crippen LogP contribution in [0.25, 0.3) is 10.9 Å². The van der Waals surface area contributed by atoms with Crippen LogP contribution in [0.2, 0.25) is 0 Å². The van der Waals surface area contributed by atoms with Crippen molar-refractivity contribution in [2.75, 3.05) is 0 Å². The Hall–Kier alpha value is -3.15. The van der Waals surface area contributed by atoms with Crippen molar-refractivity contribution < 1.29 is 15.0 Å². The lowest BCUT2D eigenvalue weighted by molar-refractivity contribution is 0.0697. The van der Waals surface area contributed by atoms with Gasteiger partial charge in [-0.2, -0.15) is 5.11 Å². The zero-order valence-electron chi connectivity index (χ0n) is 13.3. The number of aromatic hydroxyl groups is 1. The largest absolute Gasteiger partial charge is 0.493 e. The number of carboxylic acids is 1. The number of para-hydroxylation sites is 1. The Kier molecular flexibility index (Phi) is 4.04. The van der Waals surface area contributed by atoms with Crippen LogP contribution in [0.5, 0.6) is 5.88 Å². The number of benzene rings is 2. The highest BCUT2D eigenvalue weighted by atomic mass is 16.4. The molecule has 6 heteroatoms. The Bertz CT molecular complexity index is 925. The molecule has 0 amide bonds. The van der Waals surface area contributed by atoms with Gasteiger partial charge in [-0.05, 0) is 44.2 Å². The quantitative estimate of drug-likeness (QED) is 0.659. The van der Waals surface area contributed by atoms with E-state index < -0.39 is 5.97 Å². The minimum atomic E-state index is -0.990. The third-order valence-corrected chi connectivity index (χ3v) is 3.75. The molecule has 0 saturated carbocycles. The Morgan fingerprint density at radius 2 is 1.71 bits per heavy atom. The van der Waals surface area contributed by atoms with Crippen molar-refractivity contribution in [2.24, 2.45) is 10.2 Å². The van der Waals surface area contributed by atoms with Gasteiger partial charge < -0.3 is 14.8 Å². The van der Waals surface area contributed by atoms with E-state index >= 15 is 0 Å². The molecule has 1 heterocycles. The maximum Gasteiger partial charge on any atom is 0.335 e. The van der Waals surface area contributed by atoms with Crippen LogP contribution in [-0.2, 0) is 0 Å².